The van der Waals surface area contributed by atoms with Gasteiger partial charge in [-0.3, -0.25) is 5.32 Å². The topological polar surface area (TPSA) is 47.6 Å². The Kier molecular flexibility index (Phi) is 6.69. The SMILES string of the molecule is CCNC(C)(COc1ccccc1C(C)C)C(=O)OCC. The number of hydrogen-bond acceptors (Lipinski definition) is 4. The van der Waals surface area contributed by atoms with Crippen LogP contribution < -0.4 is 10.1 Å². The Hall–Kier alpha value is -1.55. The summed E-state index contributed by atoms with van der Waals surface area (Å²) in [7, 11) is 0. The van der Waals surface area contributed by atoms with Crippen LogP contribution in [0, 0.1) is 0 Å². The van der Waals surface area contributed by atoms with E-state index in [0.717, 1.165) is 11.3 Å². The van der Waals surface area contributed by atoms with Crippen LogP contribution in [0.25, 0.3) is 0 Å². The summed E-state index contributed by atoms with van der Waals surface area (Å²) in [5.74, 6) is 0.906. The van der Waals surface area contributed by atoms with Crippen LogP contribution in [0.5, 0.6) is 5.75 Å². The molecule has 0 heterocycles. The van der Waals surface area contributed by atoms with Gasteiger partial charge in [0, 0.05) is 0 Å². The van der Waals surface area contributed by atoms with Crippen LogP contribution in [0.15, 0.2) is 24.3 Å². The average molecular weight is 293 g/mol. The molecule has 0 fully saturated rings. The number of hydrogen-bond donors (Lipinski definition) is 1. The Morgan fingerprint density at radius 1 is 1.29 bits per heavy atom. The third kappa shape index (κ3) is 4.74. The minimum atomic E-state index is -0.838. The summed E-state index contributed by atoms with van der Waals surface area (Å²) in [4.78, 5) is 12.1. The standard InChI is InChI=1S/C17H27NO3/c1-6-18-17(5,16(19)20-7-2)12-21-15-11-9-8-10-14(15)13(3)4/h8-11,13,18H,6-7,12H2,1-5H3. The van der Waals surface area contributed by atoms with E-state index < -0.39 is 5.54 Å². The molecular weight excluding hydrogens is 266 g/mol. The van der Waals surface area contributed by atoms with Gasteiger partial charge in [0.15, 0.2) is 0 Å². The number of rotatable bonds is 8. The van der Waals surface area contributed by atoms with Crippen LogP contribution in [-0.4, -0.2) is 31.3 Å². The van der Waals surface area contributed by atoms with Crippen molar-refractivity contribution in [1.82, 2.24) is 5.32 Å². The van der Waals surface area contributed by atoms with Gasteiger partial charge in [-0.2, -0.15) is 0 Å². The maximum Gasteiger partial charge on any atom is 0.329 e. The summed E-state index contributed by atoms with van der Waals surface area (Å²) in [6, 6.07) is 7.93. The highest BCUT2D eigenvalue weighted by atomic mass is 16.5. The molecule has 0 amide bonds. The first-order valence-electron chi connectivity index (χ1n) is 7.58. The van der Waals surface area contributed by atoms with Gasteiger partial charge in [0.05, 0.1) is 6.61 Å². The normalized spacial score (nSPS) is 13.8. The highest BCUT2D eigenvalue weighted by Gasteiger charge is 2.35. The summed E-state index contributed by atoms with van der Waals surface area (Å²) < 4.78 is 11.1. The summed E-state index contributed by atoms with van der Waals surface area (Å²) in [5.41, 5.74) is 0.301. The molecular formula is C17H27NO3. The fraction of sp³-hybridized carbons (Fsp3) is 0.588. The first-order chi connectivity index (χ1) is 9.94. The quantitative estimate of drug-likeness (QED) is 0.748. The summed E-state index contributed by atoms with van der Waals surface area (Å²) in [6.07, 6.45) is 0. The minimum absolute atomic E-state index is 0.239. The fourth-order valence-corrected chi connectivity index (χ4v) is 2.17. The van der Waals surface area contributed by atoms with Crippen molar-refractivity contribution in [3.8, 4) is 5.75 Å². The molecule has 4 heteroatoms. The predicted octanol–water partition coefficient (Wildman–Crippen LogP) is 3.12. The number of para-hydroxylation sites is 1. The first-order valence-corrected chi connectivity index (χ1v) is 7.58. The number of benzene rings is 1. The van der Waals surface area contributed by atoms with Crippen molar-refractivity contribution in [3.63, 3.8) is 0 Å². The number of nitrogens with one attached hydrogen (secondary N) is 1. The van der Waals surface area contributed by atoms with E-state index in [0.29, 0.717) is 19.1 Å². The second-order valence-electron chi connectivity index (χ2n) is 5.56. The second-order valence-corrected chi connectivity index (χ2v) is 5.56. The van der Waals surface area contributed by atoms with Crippen LogP contribution in [-0.2, 0) is 9.53 Å². The average Bonchev–Trinajstić information content (AvgIpc) is 2.46. The minimum Gasteiger partial charge on any atom is -0.491 e. The third-order valence-electron chi connectivity index (χ3n) is 3.35. The lowest BCUT2D eigenvalue weighted by Crippen LogP contribution is -2.54. The molecule has 21 heavy (non-hydrogen) atoms. The zero-order valence-corrected chi connectivity index (χ0v) is 13.7. The maximum absolute atomic E-state index is 12.1. The molecule has 118 valence electrons. The van der Waals surface area contributed by atoms with Crippen molar-refractivity contribution >= 4 is 5.97 Å². The van der Waals surface area contributed by atoms with Gasteiger partial charge in [-0.25, -0.2) is 4.79 Å². The molecule has 0 saturated heterocycles. The number of likely N-dealkylation sites (N-methyl/N-ethyl adjacent to an activating group) is 1. The van der Waals surface area contributed by atoms with E-state index >= 15 is 0 Å². The molecule has 0 aliphatic carbocycles. The zero-order chi connectivity index (χ0) is 15.9. The number of ether oxygens (including phenoxy) is 2. The van der Waals surface area contributed by atoms with Crippen LogP contribution >= 0.6 is 0 Å². The van der Waals surface area contributed by atoms with E-state index in [1.54, 1.807) is 6.92 Å². The molecule has 0 aliphatic heterocycles. The van der Waals surface area contributed by atoms with Crippen molar-refractivity contribution in [2.24, 2.45) is 0 Å². The molecule has 1 aromatic rings. The molecule has 1 rings (SSSR count). The van der Waals surface area contributed by atoms with Gasteiger partial charge in [-0.15, -0.1) is 0 Å². The Bertz CT molecular complexity index is 459. The van der Waals surface area contributed by atoms with E-state index in [2.05, 4.69) is 25.2 Å². The van der Waals surface area contributed by atoms with Crippen LogP contribution in [0.2, 0.25) is 0 Å². The lowest BCUT2D eigenvalue weighted by atomic mass is 10.0. The van der Waals surface area contributed by atoms with Crippen molar-refractivity contribution in [3.05, 3.63) is 29.8 Å². The molecule has 0 saturated carbocycles. The van der Waals surface area contributed by atoms with Crippen LogP contribution in [0.3, 0.4) is 0 Å². The van der Waals surface area contributed by atoms with Gasteiger partial charge in [0.2, 0.25) is 0 Å². The summed E-state index contributed by atoms with van der Waals surface area (Å²) >= 11 is 0. The summed E-state index contributed by atoms with van der Waals surface area (Å²) in [6.45, 7) is 11.1. The van der Waals surface area contributed by atoms with Crippen LogP contribution in [0.4, 0.5) is 0 Å². The van der Waals surface area contributed by atoms with Gasteiger partial charge >= 0.3 is 5.97 Å². The smallest absolute Gasteiger partial charge is 0.329 e. The van der Waals surface area contributed by atoms with Crippen molar-refractivity contribution in [2.45, 2.75) is 46.1 Å². The summed E-state index contributed by atoms with van der Waals surface area (Å²) in [5, 5.41) is 3.16. The Morgan fingerprint density at radius 2 is 1.95 bits per heavy atom. The van der Waals surface area contributed by atoms with Crippen molar-refractivity contribution < 1.29 is 14.3 Å². The zero-order valence-electron chi connectivity index (χ0n) is 13.7. The van der Waals surface area contributed by atoms with Crippen molar-refractivity contribution in [2.75, 3.05) is 19.8 Å². The predicted molar refractivity (Wildman–Crippen MR) is 84.7 cm³/mol. The van der Waals surface area contributed by atoms with Gasteiger partial charge < -0.3 is 9.47 Å². The molecule has 0 radical (unpaired) electrons. The van der Waals surface area contributed by atoms with Crippen molar-refractivity contribution in [1.29, 1.82) is 0 Å². The highest BCUT2D eigenvalue weighted by Crippen LogP contribution is 2.26. The molecule has 0 bridgehead atoms. The number of carbonyl (C=O) groups is 1. The lowest BCUT2D eigenvalue weighted by molar-refractivity contribution is -0.151. The molecule has 1 unspecified atom stereocenters. The van der Waals surface area contributed by atoms with E-state index in [1.165, 1.54) is 0 Å². The molecule has 1 aromatic carbocycles. The molecule has 1 atom stereocenters. The van der Waals surface area contributed by atoms with Gasteiger partial charge in [0.1, 0.15) is 17.9 Å². The molecule has 0 spiro atoms. The van der Waals surface area contributed by atoms with Gasteiger partial charge in [-0.1, -0.05) is 39.0 Å². The van der Waals surface area contributed by atoms with Crippen LogP contribution in [0.1, 0.15) is 46.1 Å². The monoisotopic (exact) mass is 293 g/mol. The van der Waals surface area contributed by atoms with Gasteiger partial charge in [0.25, 0.3) is 0 Å². The Balaban J connectivity index is 2.85. The Labute approximate surface area is 127 Å². The number of esters is 1. The Morgan fingerprint density at radius 3 is 2.52 bits per heavy atom. The van der Waals surface area contributed by atoms with E-state index in [1.807, 2.05) is 32.0 Å². The number of carbonyl (C=O) groups excluding carboxylic acids is 1. The van der Waals surface area contributed by atoms with E-state index in [9.17, 15) is 4.79 Å². The van der Waals surface area contributed by atoms with Gasteiger partial charge in [-0.05, 0) is 37.9 Å². The molecule has 1 N–H and O–H groups in total. The largest absolute Gasteiger partial charge is 0.491 e. The molecule has 0 aromatic heterocycles. The first kappa shape index (κ1) is 17.5. The second kappa shape index (κ2) is 8.03. The van der Waals surface area contributed by atoms with E-state index in [-0.39, 0.29) is 12.6 Å². The molecule has 4 nitrogen and oxygen atoms in total. The fourth-order valence-electron chi connectivity index (χ4n) is 2.17. The molecule has 0 aliphatic rings. The highest BCUT2D eigenvalue weighted by molar-refractivity contribution is 5.80. The van der Waals surface area contributed by atoms with E-state index in [4.69, 9.17) is 9.47 Å². The lowest BCUT2D eigenvalue weighted by Gasteiger charge is -2.28. The third-order valence-corrected chi connectivity index (χ3v) is 3.35. The maximum atomic E-state index is 12.1.